The largest absolute Gasteiger partial charge is 0.493 e. The van der Waals surface area contributed by atoms with Gasteiger partial charge in [0, 0.05) is 5.56 Å². The Kier molecular flexibility index (Phi) is 8.21. The smallest absolute Gasteiger partial charge is 0.345 e. The molecule has 33 heavy (non-hydrogen) atoms. The van der Waals surface area contributed by atoms with Gasteiger partial charge in [-0.25, -0.2) is 10.2 Å². The Labute approximate surface area is 196 Å². The van der Waals surface area contributed by atoms with Crippen LogP contribution in [0.1, 0.15) is 26.3 Å². The van der Waals surface area contributed by atoms with Gasteiger partial charge in [-0.15, -0.1) is 0 Å². The van der Waals surface area contributed by atoms with Gasteiger partial charge in [0.1, 0.15) is 12.4 Å². The second kappa shape index (κ2) is 11.5. The van der Waals surface area contributed by atoms with Gasteiger partial charge >= 0.3 is 5.97 Å². The molecule has 0 aromatic heterocycles. The third-order valence-corrected chi connectivity index (χ3v) is 4.68. The molecule has 0 fully saturated rings. The lowest BCUT2D eigenvalue weighted by atomic mass is 10.2. The van der Waals surface area contributed by atoms with Crippen molar-refractivity contribution < 1.29 is 23.8 Å². The first-order valence-corrected chi connectivity index (χ1v) is 10.2. The number of esters is 1. The number of hydrogen-bond donors (Lipinski definition) is 1. The van der Waals surface area contributed by atoms with Crippen molar-refractivity contribution >= 4 is 29.7 Å². The molecule has 0 spiro atoms. The summed E-state index contributed by atoms with van der Waals surface area (Å²) in [6, 6.07) is 18.1. The average molecular weight is 465 g/mol. The van der Waals surface area contributed by atoms with Gasteiger partial charge in [0.15, 0.2) is 11.5 Å². The maximum absolute atomic E-state index is 12.4. The molecule has 0 aliphatic heterocycles. The van der Waals surface area contributed by atoms with Crippen LogP contribution >= 0.6 is 11.6 Å². The topological polar surface area (TPSA) is 86.2 Å². The van der Waals surface area contributed by atoms with Crippen LogP contribution in [-0.2, 0) is 0 Å². The van der Waals surface area contributed by atoms with Gasteiger partial charge in [-0.3, -0.25) is 4.79 Å². The highest BCUT2D eigenvalue weighted by atomic mass is 35.5. The first-order valence-electron chi connectivity index (χ1n) is 9.83. The van der Waals surface area contributed by atoms with Crippen molar-refractivity contribution in [2.45, 2.75) is 0 Å². The highest BCUT2D eigenvalue weighted by Gasteiger charge is 2.15. The van der Waals surface area contributed by atoms with Crippen molar-refractivity contribution in [3.63, 3.8) is 0 Å². The normalized spacial score (nSPS) is 10.5. The van der Waals surface area contributed by atoms with Crippen LogP contribution in [0.3, 0.4) is 0 Å². The molecule has 0 saturated carbocycles. The molecule has 0 aliphatic carbocycles. The highest BCUT2D eigenvalue weighted by Crippen LogP contribution is 2.29. The van der Waals surface area contributed by atoms with E-state index < -0.39 is 5.97 Å². The molecule has 0 aliphatic rings. The molecule has 0 heterocycles. The van der Waals surface area contributed by atoms with Gasteiger partial charge in [-0.1, -0.05) is 36.4 Å². The summed E-state index contributed by atoms with van der Waals surface area (Å²) < 4.78 is 16.1. The summed E-state index contributed by atoms with van der Waals surface area (Å²) in [4.78, 5) is 24.6. The number of rotatable bonds is 9. The molecule has 0 atom stereocenters. The first kappa shape index (κ1) is 23.6. The molecule has 3 aromatic carbocycles. The minimum absolute atomic E-state index is 0.224. The van der Waals surface area contributed by atoms with E-state index in [0.29, 0.717) is 34.3 Å². The van der Waals surface area contributed by atoms with E-state index in [0.717, 1.165) is 0 Å². The van der Waals surface area contributed by atoms with E-state index in [2.05, 4.69) is 17.1 Å². The molecule has 0 radical (unpaired) electrons. The number of benzene rings is 3. The highest BCUT2D eigenvalue weighted by molar-refractivity contribution is 6.33. The van der Waals surface area contributed by atoms with Gasteiger partial charge < -0.3 is 14.2 Å². The Balaban J connectivity index is 1.63. The van der Waals surface area contributed by atoms with E-state index in [-0.39, 0.29) is 17.2 Å². The predicted molar refractivity (Wildman–Crippen MR) is 127 cm³/mol. The van der Waals surface area contributed by atoms with Crippen LogP contribution in [0, 0.1) is 0 Å². The van der Waals surface area contributed by atoms with Crippen LogP contribution in [0.15, 0.2) is 84.5 Å². The third-order valence-electron chi connectivity index (χ3n) is 4.35. The molecule has 1 amide bonds. The monoisotopic (exact) mass is 464 g/mol. The number of nitrogens with zero attached hydrogens (tertiary/aromatic N) is 1. The molecule has 0 saturated heterocycles. The van der Waals surface area contributed by atoms with Gasteiger partial charge in [0.05, 0.1) is 23.9 Å². The molecule has 3 aromatic rings. The van der Waals surface area contributed by atoms with Crippen molar-refractivity contribution in [3.8, 4) is 17.2 Å². The summed E-state index contributed by atoms with van der Waals surface area (Å²) >= 11 is 6.05. The Morgan fingerprint density at radius 2 is 1.82 bits per heavy atom. The number of carbonyl (C=O) groups excluding carboxylic acids is 2. The summed E-state index contributed by atoms with van der Waals surface area (Å²) in [5, 5.41) is 4.26. The maximum Gasteiger partial charge on any atom is 0.345 e. The fourth-order valence-corrected chi connectivity index (χ4v) is 2.93. The van der Waals surface area contributed by atoms with E-state index in [1.807, 2.05) is 0 Å². The molecule has 8 heteroatoms. The Bertz CT molecular complexity index is 1180. The van der Waals surface area contributed by atoms with Gasteiger partial charge in [0.25, 0.3) is 5.91 Å². The second-order valence-electron chi connectivity index (χ2n) is 6.60. The van der Waals surface area contributed by atoms with Crippen LogP contribution in [0.2, 0.25) is 5.02 Å². The molecule has 0 bridgehead atoms. The second-order valence-corrected chi connectivity index (χ2v) is 7.01. The standard InChI is InChI=1S/C25H21ClN2O5/c1-3-14-32-19-11-9-18(10-12-19)24(29)28-27-16-17-8-13-22(23(15-17)31-2)33-25(30)20-6-4-5-7-21(20)26/h3-13,15-16H,1,14H2,2H3,(H,28,29). The molecule has 3 rings (SSSR count). The van der Waals surface area contributed by atoms with Gasteiger partial charge in [0.2, 0.25) is 0 Å². The first-order chi connectivity index (χ1) is 16.0. The number of hydrogen-bond acceptors (Lipinski definition) is 6. The number of carbonyl (C=O) groups is 2. The maximum atomic E-state index is 12.4. The lowest BCUT2D eigenvalue weighted by molar-refractivity contribution is 0.0729. The zero-order valence-electron chi connectivity index (χ0n) is 17.8. The van der Waals surface area contributed by atoms with Crippen LogP contribution < -0.4 is 19.6 Å². The van der Waals surface area contributed by atoms with E-state index in [4.69, 9.17) is 25.8 Å². The van der Waals surface area contributed by atoms with Crippen LogP contribution in [0.5, 0.6) is 17.2 Å². The Hall–Kier alpha value is -4.10. The molecular weight excluding hydrogens is 444 g/mol. The fourth-order valence-electron chi connectivity index (χ4n) is 2.72. The summed E-state index contributed by atoms with van der Waals surface area (Å²) in [6.45, 7) is 3.97. The van der Waals surface area contributed by atoms with E-state index in [1.54, 1.807) is 72.8 Å². The van der Waals surface area contributed by atoms with Crippen molar-refractivity contribution in [3.05, 3.63) is 101 Å². The van der Waals surface area contributed by atoms with E-state index in [9.17, 15) is 9.59 Å². The van der Waals surface area contributed by atoms with Gasteiger partial charge in [-0.2, -0.15) is 5.10 Å². The van der Waals surface area contributed by atoms with Crippen molar-refractivity contribution in [2.75, 3.05) is 13.7 Å². The Morgan fingerprint density at radius 3 is 2.52 bits per heavy atom. The predicted octanol–water partition coefficient (Wildman–Crippen LogP) is 4.90. The molecule has 7 nitrogen and oxygen atoms in total. The molecule has 0 unspecified atom stereocenters. The lowest BCUT2D eigenvalue weighted by Gasteiger charge is -2.10. The zero-order chi connectivity index (χ0) is 23.6. The Morgan fingerprint density at radius 1 is 1.06 bits per heavy atom. The third kappa shape index (κ3) is 6.44. The minimum atomic E-state index is -0.603. The van der Waals surface area contributed by atoms with Crippen LogP contribution in [0.25, 0.3) is 0 Å². The SMILES string of the molecule is C=CCOc1ccc(C(=O)NN=Cc2ccc(OC(=O)c3ccccc3Cl)c(OC)c2)cc1. The number of amides is 1. The summed E-state index contributed by atoms with van der Waals surface area (Å²) in [5.41, 5.74) is 3.75. The lowest BCUT2D eigenvalue weighted by Crippen LogP contribution is -2.17. The fraction of sp³-hybridized carbons (Fsp3) is 0.0800. The minimum Gasteiger partial charge on any atom is -0.493 e. The number of halogens is 1. The molecule has 1 N–H and O–H groups in total. The van der Waals surface area contributed by atoms with Crippen LogP contribution in [0.4, 0.5) is 0 Å². The number of methoxy groups -OCH3 is 1. The summed E-state index contributed by atoms with van der Waals surface area (Å²) in [5.74, 6) is 0.202. The average Bonchev–Trinajstić information content (AvgIpc) is 2.84. The zero-order valence-corrected chi connectivity index (χ0v) is 18.5. The quantitative estimate of drug-likeness (QED) is 0.160. The number of ether oxygens (including phenoxy) is 3. The summed E-state index contributed by atoms with van der Waals surface area (Å²) in [7, 11) is 1.45. The number of nitrogens with one attached hydrogen (secondary N) is 1. The van der Waals surface area contributed by atoms with Crippen molar-refractivity contribution in [2.24, 2.45) is 5.10 Å². The summed E-state index contributed by atoms with van der Waals surface area (Å²) in [6.07, 6.45) is 3.08. The number of hydrazone groups is 1. The van der Waals surface area contributed by atoms with Crippen molar-refractivity contribution in [1.29, 1.82) is 0 Å². The van der Waals surface area contributed by atoms with Crippen molar-refractivity contribution in [1.82, 2.24) is 5.43 Å². The van der Waals surface area contributed by atoms with E-state index >= 15 is 0 Å². The molecule has 168 valence electrons. The van der Waals surface area contributed by atoms with E-state index in [1.165, 1.54) is 13.3 Å². The van der Waals surface area contributed by atoms with Gasteiger partial charge in [-0.05, 0) is 60.2 Å². The molecular formula is C25H21ClN2O5. The van der Waals surface area contributed by atoms with Crippen LogP contribution in [-0.4, -0.2) is 31.8 Å².